The van der Waals surface area contributed by atoms with Crippen molar-refractivity contribution in [3.63, 3.8) is 0 Å². The highest BCUT2D eigenvalue weighted by atomic mass is 20.0. The van der Waals surface area contributed by atoms with Crippen LogP contribution in [0.1, 0.15) is 51.3 Å². The number of para-hydroxylation sites is 2. The van der Waals surface area contributed by atoms with Gasteiger partial charge in [0.05, 0.1) is 6.57 Å². The van der Waals surface area contributed by atoms with Crippen LogP contribution >= 0.6 is 0 Å². The van der Waals surface area contributed by atoms with Gasteiger partial charge in [-0.15, -0.1) is 0 Å². The van der Waals surface area contributed by atoms with Crippen LogP contribution in [0.4, 0.5) is 73.2 Å². The van der Waals surface area contributed by atoms with E-state index >= 15 is 0 Å². The Morgan fingerprint density at radius 2 is 0.718 bits per heavy atom. The van der Waals surface area contributed by atoms with Gasteiger partial charge in [-0.25, -0.2) is 4.85 Å². The molecule has 0 radical (unpaired) electrons. The molecule has 0 spiro atoms. The summed E-state index contributed by atoms with van der Waals surface area (Å²) in [6.45, 7) is 19.1. The minimum Gasteiger partial charge on any atom is -0.456 e. The third kappa shape index (κ3) is 12.9. The highest BCUT2D eigenvalue weighted by Crippen LogP contribution is 2.58. The van der Waals surface area contributed by atoms with Crippen LogP contribution in [0.25, 0.3) is 158 Å². The molecule has 0 N–H and O–H groups in total. The molecule has 18 aromatic rings. The molecule has 18 aromatic carbocycles. The predicted molar refractivity (Wildman–Crippen MR) is 433 cm³/mol. The van der Waals surface area contributed by atoms with Crippen LogP contribution in [0.3, 0.4) is 0 Å². The van der Waals surface area contributed by atoms with Gasteiger partial charge in [-0.2, -0.15) is 0 Å². The van der Waals surface area contributed by atoms with E-state index in [2.05, 4.69) is 342 Å². The SMILES string of the molecule is CC1(C)c2cc3ccccc3cc2-c2cc3ccc(-c4ccc5ccccc5c4)c4ccc5c(-c6ccccc6)cc1c2c5c34.F.FF.FF.FF.FF.FF.[C-]#[N+]c1ccc(-c2ccc3cc4c5c(cc(-c6ccc(C(C)(C)C)cc6)c6ccc2c3c65)Oc2cc(N(c3ccccc3)c3ccccc3)ccc2-4)cc1. The van der Waals surface area contributed by atoms with Crippen LogP contribution in [-0.2, 0) is 10.8 Å². The summed E-state index contributed by atoms with van der Waals surface area (Å²) >= 11 is 0. The second kappa shape index (κ2) is 31.4. The fourth-order valence-electron chi connectivity index (χ4n) is 16.6. The first kappa shape index (κ1) is 75.1. The van der Waals surface area contributed by atoms with Gasteiger partial charge >= 0.3 is 0 Å². The monoisotopic (exact) mass is 1470 g/mol. The molecule has 0 aromatic heterocycles. The normalized spacial score (nSPS) is 11.8. The molecule has 3 nitrogen and oxygen atoms in total. The number of rotatable bonds is 7. The molecule has 0 saturated carbocycles. The minimum atomic E-state index is -0.167. The standard InChI is InChI=1S/C51H36N2O.C45H30.5F2.FH/c1-51(2,3)35-20-15-33(16-21-35)44-31-47-49-45(29-34-19-25-40(32-17-22-36(52-4)23-18-32)42-27-28-43(44)50(49)48(34)42)41-26-24-39(30-46(41)54-47)53(37-11-7-5-8-12-37)38-13-9-6-10-14-38;1-45(2)40-25-31-15-9-8-14-30(31)23-38(40)39-24-33-18-19-34(32-17-16-27-10-6-7-13-29(27)22-32)35-20-21-36-37(28-11-4-3-5-12-28)26-41(45)43(39)44(36)42(33)35;5*1-2;/h5-31H,1-3H3;3-26H,1-2H3;;;;;;1H. The van der Waals surface area contributed by atoms with E-state index in [1.54, 1.807) is 0 Å². The Kier molecular flexibility index (Phi) is 21.4. The van der Waals surface area contributed by atoms with Crippen molar-refractivity contribution >= 4 is 109 Å². The molecule has 2 aliphatic rings. The van der Waals surface area contributed by atoms with E-state index in [9.17, 15) is 0 Å². The molecule has 1 heterocycles. The van der Waals surface area contributed by atoms with E-state index in [4.69, 9.17) is 57.1 Å². The maximum atomic E-state index is 8.00. The smallest absolute Gasteiger partial charge is 0.187 e. The second-order valence-corrected chi connectivity index (χ2v) is 28.6. The Labute approximate surface area is 626 Å². The van der Waals surface area contributed by atoms with E-state index in [0.717, 1.165) is 61.8 Å². The van der Waals surface area contributed by atoms with Gasteiger partial charge in [0, 0.05) is 90.6 Å². The second-order valence-electron chi connectivity index (χ2n) is 28.6. The number of benzene rings is 18. The number of hydrogen-bond acceptors (Lipinski definition) is 2. The van der Waals surface area contributed by atoms with Crippen molar-refractivity contribution in [2.24, 2.45) is 0 Å². The quantitative estimate of drug-likeness (QED) is 0.0899. The molecule has 0 bridgehead atoms. The highest BCUT2D eigenvalue weighted by molar-refractivity contribution is 6.34. The Morgan fingerprint density at radius 1 is 0.300 bits per heavy atom. The van der Waals surface area contributed by atoms with Crippen molar-refractivity contribution in [3.8, 4) is 78.3 Å². The number of fused-ring (bicyclic) bond motifs is 6. The Balaban J connectivity index is 0.000000174. The first-order valence-electron chi connectivity index (χ1n) is 35.1. The number of halogens is 11. The van der Waals surface area contributed by atoms with Crippen LogP contribution in [0, 0.1) is 6.57 Å². The predicted octanol–water partition coefficient (Wildman–Crippen LogP) is 31.9. The Hall–Kier alpha value is -13.1. The number of nitrogens with zero attached hydrogens (tertiary/aromatic N) is 2. The van der Waals surface area contributed by atoms with Crippen molar-refractivity contribution < 1.29 is 55.2 Å². The van der Waals surface area contributed by atoms with Crippen LogP contribution < -0.4 is 9.64 Å². The van der Waals surface area contributed by atoms with Gasteiger partial charge < -0.3 is 9.64 Å². The average molecular weight is 1470 g/mol. The van der Waals surface area contributed by atoms with Crippen LogP contribution in [0.2, 0.25) is 0 Å². The molecule has 0 amide bonds. The van der Waals surface area contributed by atoms with Gasteiger partial charge in [0.1, 0.15) is 11.5 Å². The zero-order valence-corrected chi connectivity index (χ0v) is 59.9. The van der Waals surface area contributed by atoms with Gasteiger partial charge in [0.25, 0.3) is 0 Å². The topological polar surface area (TPSA) is 16.8 Å². The van der Waals surface area contributed by atoms with E-state index < -0.39 is 0 Å². The molecule has 1 aliphatic heterocycles. The lowest BCUT2D eigenvalue weighted by Crippen LogP contribution is -2.24. The highest BCUT2D eigenvalue weighted by Gasteiger charge is 2.37. The Bertz CT molecular complexity index is 6370. The van der Waals surface area contributed by atoms with E-state index in [1.807, 2.05) is 12.1 Å². The van der Waals surface area contributed by atoms with E-state index in [1.165, 1.54) is 136 Å². The van der Waals surface area contributed by atoms with Gasteiger partial charge in [0.2, 0.25) is 0 Å². The summed E-state index contributed by atoms with van der Waals surface area (Å²) in [6, 6.07) is 113. The van der Waals surface area contributed by atoms with E-state index in [-0.39, 0.29) is 15.5 Å². The Morgan fingerprint density at radius 3 is 1.27 bits per heavy atom. The van der Waals surface area contributed by atoms with Crippen molar-refractivity contribution in [2.45, 2.75) is 45.4 Å². The number of hydrogen-bond donors (Lipinski definition) is 0. The first-order valence-corrected chi connectivity index (χ1v) is 35.1. The summed E-state index contributed by atoms with van der Waals surface area (Å²) in [5.41, 5.74) is 22.5. The van der Waals surface area contributed by atoms with Gasteiger partial charge in [-0.1, -0.05) is 259 Å². The largest absolute Gasteiger partial charge is 0.456 e. The summed E-state index contributed by atoms with van der Waals surface area (Å²) in [5.74, 6) is 1.70. The lowest BCUT2D eigenvalue weighted by Gasteiger charge is -2.37. The molecule has 0 atom stereocenters. The molecule has 20 rings (SSSR count). The number of anilines is 3. The number of ether oxygens (including phenoxy) is 1. The van der Waals surface area contributed by atoms with Gasteiger partial charge in [-0.05, 0) is 238 Å². The summed E-state index contributed by atoms with van der Waals surface area (Å²) in [6.07, 6.45) is 0. The lowest BCUT2D eigenvalue weighted by atomic mass is 9.66. The van der Waals surface area contributed by atoms with Crippen molar-refractivity contribution in [3.05, 3.63) is 337 Å². The zero-order chi connectivity index (χ0) is 76.4. The van der Waals surface area contributed by atoms with E-state index in [0.29, 0.717) is 5.69 Å². The summed E-state index contributed by atoms with van der Waals surface area (Å²) in [7, 11) is 0. The third-order valence-corrected chi connectivity index (χ3v) is 21.5. The fraction of sp³-hybridized carbons (Fsp3) is 0.0729. The van der Waals surface area contributed by atoms with Crippen LogP contribution in [-0.4, -0.2) is 0 Å². The fourth-order valence-corrected chi connectivity index (χ4v) is 16.6. The molecule has 544 valence electrons. The molecule has 110 heavy (non-hydrogen) atoms. The van der Waals surface area contributed by atoms with Gasteiger partial charge in [-0.3, -0.25) is 4.70 Å². The van der Waals surface area contributed by atoms with Crippen LogP contribution in [0.5, 0.6) is 11.5 Å². The summed E-state index contributed by atoms with van der Waals surface area (Å²) in [4.78, 5) is 5.90. The minimum absolute atomic E-state index is 0. The third-order valence-electron chi connectivity index (χ3n) is 21.5. The molecule has 14 heteroatoms. The van der Waals surface area contributed by atoms with Crippen molar-refractivity contribution in [1.82, 2.24) is 0 Å². The molecule has 1 aliphatic carbocycles. The summed E-state index contributed by atoms with van der Waals surface area (Å²) in [5, 5.41) is 20.5. The molecular formula is C96H67F11N2O. The maximum absolute atomic E-state index is 8.00. The summed E-state index contributed by atoms with van der Waals surface area (Å²) < 4.78 is 87.1. The zero-order valence-electron chi connectivity index (χ0n) is 59.9. The molecule has 0 unspecified atom stereocenters. The van der Waals surface area contributed by atoms with Crippen molar-refractivity contribution in [1.29, 1.82) is 0 Å². The van der Waals surface area contributed by atoms with Crippen LogP contribution in [0.15, 0.2) is 309 Å². The molecule has 0 saturated heterocycles. The average Bonchev–Trinajstić information content (AvgIpc) is 0.691. The molecular weight excluding hydrogens is 1410 g/mol. The van der Waals surface area contributed by atoms with Crippen molar-refractivity contribution in [2.75, 3.05) is 4.90 Å². The maximum Gasteiger partial charge on any atom is 0.187 e. The lowest BCUT2D eigenvalue weighted by molar-refractivity contribution is 0.108. The van der Waals surface area contributed by atoms with Gasteiger partial charge in [0.15, 0.2) is 5.69 Å². The first-order chi connectivity index (χ1) is 53.4. The molecule has 0 fully saturated rings.